The average molecular weight is 586 g/mol. The number of aliphatic hydroxyl groups is 2. The van der Waals surface area contributed by atoms with Gasteiger partial charge in [0, 0.05) is 37.6 Å². The van der Waals surface area contributed by atoms with Crippen LogP contribution in [0.3, 0.4) is 0 Å². The van der Waals surface area contributed by atoms with Crippen molar-refractivity contribution in [1.29, 1.82) is 0 Å². The van der Waals surface area contributed by atoms with Gasteiger partial charge in [-0.3, -0.25) is 9.69 Å². The number of anilines is 2. The zero-order chi connectivity index (χ0) is 31.0. The third-order valence-corrected chi connectivity index (χ3v) is 7.21. The zero-order valence-electron chi connectivity index (χ0n) is 24.8. The number of carbonyl (C=O) groups is 2. The fourth-order valence-corrected chi connectivity index (χ4v) is 4.81. The molecule has 1 aliphatic rings. The minimum absolute atomic E-state index is 0.0573. The maximum absolute atomic E-state index is 12.4. The van der Waals surface area contributed by atoms with Gasteiger partial charge in [-0.15, -0.1) is 0 Å². The molecule has 0 bridgehead atoms. The second-order valence-electron chi connectivity index (χ2n) is 11.5. The van der Waals surface area contributed by atoms with Crippen LogP contribution in [0.1, 0.15) is 52.8 Å². The number of carboxylic acid groups (broad SMARTS) is 1. The van der Waals surface area contributed by atoms with Crippen LogP contribution < -0.4 is 16.4 Å². The monoisotopic (exact) mass is 585 g/mol. The van der Waals surface area contributed by atoms with Crippen molar-refractivity contribution >= 4 is 35.0 Å². The van der Waals surface area contributed by atoms with Gasteiger partial charge in [-0.2, -0.15) is 0 Å². The predicted molar refractivity (Wildman–Crippen MR) is 160 cm³/mol. The number of nitrogen functional groups attached to an aromatic ring is 1. The van der Waals surface area contributed by atoms with Gasteiger partial charge in [0.15, 0.2) is 6.23 Å². The molecule has 1 aromatic carbocycles. The summed E-state index contributed by atoms with van der Waals surface area (Å²) >= 11 is 0. The van der Waals surface area contributed by atoms with E-state index in [4.69, 9.17) is 20.4 Å². The Bertz CT molecular complexity index is 1310. The summed E-state index contributed by atoms with van der Waals surface area (Å²) in [6.07, 6.45) is 0.210. The minimum atomic E-state index is -1.13. The van der Waals surface area contributed by atoms with Crippen LogP contribution in [0.4, 0.5) is 16.3 Å². The van der Waals surface area contributed by atoms with Crippen molar-refractivity contribution in [2.45, 2.75) is 77.0 Å². The SMILES string of the molecule is CC(C)N(CCCNC(=O)Nc1ccc(C(C)(C)C)cc1)C[C@H]1O[C@@H](n2ccc3c(N)ncnc32)[C@H](O)[C@@H]1O.O=CO. The highest BCUT2D eigenvalue weighted by atomic mass is 16.6. The van der Waals surface area contributed by atoms with Crippen LogP contribution in [0.2, 0.25) is 0 Å². The van der Waals surface area contributed by atoms with Gasteiger partial charge < -0.3 is 41.0 Å². The van der Waals surface area contributed by atoms with Gasteiger partial charge in [-0.05, 0) is 49.4 Å². The van der Waals surface area contributed by atoms with E-state index in [0.717, 1.165) is 5.69 Å². The molecular weight excluding hydrogens is 542 g/mol. The van der Waals surface area contributed by atoms with E-state index in [-0.39, 0.29) is 24.0 Å². The lowest BCUT2D eigenvalue weighted by atomic mass is 9.87. The first kappa shape index (κ1) is 32.7. The highest BCUT2D eigenvalue weighted by molar-refractivity contribution is 5.89. The maximum atomic E-state index is 12.4. The molecule has 0 unspecified atom stereocenters. The Morgan fingerprint density at radius 1 is 1.17 bits per heavy atom. The number of ether oxygens (including phenoxy) is 1. The Labute approximate surface area is 245 Å². The summed E-state index contributed by atoms with van der Waals surface area (Å²) in [5, 5.41) is 34.9. The molecule has 1 fully saturated rings. The Balaban J connectivity index is 0.00000155. The van der Waals surface area contributed by atoms with Crippen LogP contribution in [0, 0.1) is 0 Å². The first-order valence-corrected chi connectivity index (χ1v) is 13.9. The van der Waals surface area contributed by atoms with Crippen molar-refractivity contribution in [3.05, 3.63) is 48.4 Å². The van der Waals surface area contributed by atoms with Gasteiger partial charge in [0.2, 0.25) is 0 Å². The number of benzene rings is 1. The molecular formula is C29H43N7O6. The Hall–Kier alpha value is -3.78. The first-order chi connectivity index (χ1) is 19.9. The second-order valence-corrected chi connectivity index (χ2v) is 11.5. The number of nitrogens with one attached hydrogen (secondary N) is 2. The number of amides is 2. The predicted octanol–water partition coefficient (Wildman–Crippen LogP) is 2.55. The quantitative estimate of drug-likeness (QED) is 0.161. The molecule has 4 rings (SSSR count). The lowest BCUT2D eigenvalue weighted by Crippen LogP contribution is -2.44. The largest absolute Gasteiger partial charge is 0.483 e. The van der Waals surface area contributed by atoms with E-state index in [1.54, 1.807) is 16.8 Å². The summed E-state index contributed by atoms with van der Waals surface area (Å²) in [6, 6.07) is 9.57. The van der Waals surface area contributed by atoms with E-state index in [0.29, 0.717) is 42.9 Å². The van der Waals surface area contributed by atoms with E-state index >= 15 is 0 Å². The third kappa shape index (κ3) is 8.16. The van der Waals surface area contributed by atoms with Crippen molar-refractivity contribution in [3.8, 4) is 0 Å². The highest BCUT2D eigenvalue weighted by Crippen LogP contribution is 2.33. The molecule has 2 amide bonds. The normalized spacial score (nSPS) is 20.4. The van der Waals surface area contributed by atoms with Crippen LogP contribution in [-0.2, 0) is 14.9 Å². The van der Waals surface area contributed by atoms with Crippen LogP contribution in [0.5, 0.6) is 0 Å². The van der Waals surface area contributed by atoms with Crippen molar-refractivity contribution in [2.75, 3.05) is 30.7 Å². The molecule has 1 aliphatic heterocycles. The molecule has 4 atom stereocenters. The van der Waals surface area contributed by atoms with Crippen LogP contribution in [-0.4, -0.2) is 91.2 Å². The number of aliphatic hydroxyl groups excluding tert-OH is 2. The second kappa shape index (κ2) is 14.4. The van der Waals surface area contributed by atoms with Crippen molar-refractivity contribution < 1.29 is 29.6 Å². The van der Waals surface area contributed by atoms with E-state index in [9.17, 15) is 15.0 Å². The van der Waals surface area contributed by atoms with Crippen LogP contribution >= 0.6 is 0 Å². The number of fused-ring (bicyclic) bond motifs is 1. The van der Waals surface area contributed by atoms with E-state index < -0.39 is 24.5 Å². The average Bonchev–Trinajstić information content (AvgIpc) is 3.47. The number of nitrogens with zero attached hydrogens (tertiary/aromatic N) is 4. The van der Waals surface area contributed by atoms with Gasteiger partial charge >= 0.3 is 6.03 Å². The zero-order valence-corrected chi connectivity index (χ0v) is 24.8. The first-order valence-electron chi connectivity index (χ1n) is 13.9. The van der Waals surface area contributed by atoms with Gasteiger partial charge in [0.25, 0.3) is 6.47 Å². The summed E-state index contributed by atoms with van der Waals surface area (Å²) in [5.41, 5.74) is 8.48. The number of nitrogens with two attached hydrogens (primary N) is 1. The summed E-state index contributed by atoms with van der Waals surface area (Å²) in [4.78, 5) is 31.2. The molecule has 0 saturated carbocycles. The van der Waals surface area contributed by atoms with E-state index in [1.165, 1.54) is 11.9 Å². The maximum Gasteiger partial charge on any atom is 0.319 e. The number of rotatable bonds is 9. The fourth-order valence-electron chi connectivity index (χ4n) is 4.81. The lowest BCUT2D eigenvalue weighted by molar-refractivity contribution is -0.122. The highest BCUT2D eigenvalue weighted by Gasteiger charge is 2.44. The molecule has 13 nitrogen and oxygen atoms in total. The minimum Gasteiger partial charge on any atom is -0.483 e. The number of hydrogen-bond donors (Lipinski definition) is 6. The van der Waals surface area contributed by atoms with Gasteiger partial charge in [0.1, 0.15) is 36.1 Å². The van der Waals surface area contributed by atoms with Crippen LogP contribution in [0.15, 0.2) is 42.9 Å². The molecule has 7 N–H and O–H groups in total. The van der Waals surface area contributed by atoms with E-state index in [2.05, 4.69) is 60.1 Å². The summed E-state index contributed by atoms with van der Waals surface area (Å²) < 4.78 is 7.82. The molecule has 3 aromatic rings. The Morgan fingerprint density at radius 3 is 2.45 bits per heavy atom. The number of hydrogen-bond acceptors (Lipinski definition) is 9. The lowest BCUT2D eigenvalue weighted by Gasteiger charge is -2.30. The molecule has 42 heavy (non-hydrogen) atoms. The van der Waals surface area contributed by atoms with Gasteiger partial charge in [0.05, 0.1) is 5.39 Å². The van der Waals surface area contributed by atoms with Crippen molar-refractivity contribution in [1.82, 2.24) is 24.8 Å². The number of aromatic nitrogens is 3. The summed E-state index contributed by atoms with van der Waals surface area (Å²) in [7, 11) is 0. The number of carbonyl (C=O) groups excluding carboxylic acids is 1. The molecule has 0 radical (unpaired) electrons. The fraction of sp³-hybridized carbons (Fsp3) is 0.517. The van der Waals surface area contributed by atoms with Gasteiger partial charge in [-0.25, -0.2) is 14.8 Å². The molecule has 1 saturated heterocycles. The van der Waals surface area contributed by atoms with Crippen LogP contribution in [0.25, 0.3) is 11.0 Å². The Morgan fingerprint density at radius 2 is 1.83 bits per heavy atom. The third-order valence-electron chi connectivity index (χ3n) is 7.21. The van der Waals surface area contributed by atoms with Gasteiger partial charge in [-0.1, -0.05) is 32.9 Å². The molecule has 2 aromatic heterocycles. The van der Waals surface area contributed by atoms with Crippen molar-refractivity contribution in [3.63, 3.8) is 0 Å². The topological polar surface area (TPSA) is 188 Å². The molecule has 13 heteroatoms. The molecule has 0 spiro atoms. The molecule has 230 valence electrons. The molecule has 3 heterocycles. The standard InChI is InChI=1S/C28H41N7O4.CH2O2/c1-17(2)34(13-6-12-30-27(38)33-19-9-7-18(8-10-19)28(3,4)5)15-21-22(36)23(37)26(39-21)35-14-11-20-24(29)31-16-32-25(20)35;2-1-3/h7-11,14,16-17,21-23,26,36-37H,6,12-13,15H2,1-5H3,(H2,29,31,32)(H2,30,33,38);1H,(H,2,3)/t21-,22-,23-,26-;/m1./s1. The summed E-state index contributed by atoms with van der Waals surface area (Å²) in [6.45, 7) is 11.9. The van der Waals surface area contributed by atoms with Crippen molar-refractivity contribution in [2.24, 2.45) is 0 Å². The summed E-state index contributed by atoms with van der Waals surface area (Å²) in [5.74, 6) is 0.343. The van der Waals surface area contributed by atoms with E-state index in [1.807, 2.05) is 24.3 Å². The number of urea groups is 1. The molecule has 0 aliphatic carbocycles. The Kier molecular flexibility index (Phi) is 11.2. The smallest absolute Gasteiger partial charge is 0.319 e.